The molecule has 0 radical (unpaired) electrons. The fourth-order valence-corrected chi connectivity index (χ4v) is 4.68. The van der Waals surface area contributed by atoms with Gasteiger partial charge in [-0.2, -0.15) is 0 Å². The van der Waals surface area contributed by atoms with E-state index in [4.69, 9.17) is 33.9 Å². The maximum absolute atomic E-state index is 13.4. The molecule has 0 spiro atoms. The molecule has 4 rings (SSSR count). The molecular weight excluding hydrogens is 383 g/mol. The number of aryl methyl sites for hydroxylation is 1. The molecule has 0 aliphatic carbocycles. The molecule has 1 aromatic heterocycles. The molecule has 3 N–H and O–H groups in total. The zero-order valence-corrected chi connectivity index (χ0v) is 16.7. The predicted molar refractivity (Wildman–Crippen MR) is 108 cm³/mol. The molecule has 2 aliphatic rings. The van der Waals surface area contributed by atoms with Crippen LogP contribution in [0.4, 0.5) is 0 Å². The van der Waals surface area contributed by atoms with Crippen LogP contribution in [0.5, 0.6) is 0 Å². The Balaban J connectivity index is 1.87. The minimum Gasteiger partial charge on any atom is -0.330 e. The second-order valence-electron chi connectivity index (χ2n) is 7.11. The van der Waals surface area contributed by atoms with E-state index < -0.39 is 0 Å². The van der Waals surface area contributed by atoms with Crippen LogP contribution in [-0.4, -0.2) is 34.9 Å². The number of pyridine rings is 1. The van der Waals surface area contributed by atoms with Crippen LogP contribution in [0.3, 0.4) is 0 Å². The molecule has 5 nitrogen and oxygen atoms in total. The van der Waals surface area contributed by atoms with Gasteiger partial charge in [0, 0.05) is 39.5 Å². The number of nitrogens with one attached hydrogen (secondary N) is 1. The first-order valence-corrected chi connectivity index (χ1v) is 9.96. The molecule has 1 amide bonds. The summed E-state index contributed by atoms with van der Waals surface area (Å²) in [7, 11) is 0. The molecule has 0 atom stereocenters. The van der Waals surface area contributed by atoms with Crippen molar-refractivity contribution < 1.29 is 4.79 Å². The highest BCUT2D eigenvalue weighted by atomic mass is 35.5. The van der Waals surface area contributed by atoms with Crippen molar-refractivity contribution in [3.8, 4) is 11.1 Å². The van der Waals surface area contributed by atoms with E-state index in [9.17, 15) is 4.79 Å². The third-order valence-electron chi connectivity index (χ3n) is 5.53. The van der Waals surface area contributed by atoms with E-state index in [1.165, 1.54) is 0 Å². The Hall–Kier alpha value is -1.66. The van der Waals surface area contributed by atoms with Crippen molar-refractivity contribution in [3.63, 3.8) is 0 Å². The van der Waals surface area contributed by atoms with Crippen molar-refractivity contribution in [2.24, 2.45) is 5.73 Å². The lowest BCUT2D eigenvalue weighted by Gasteiger charge is -2.31. The first kappa shape index (κ1) is 18.7. The summed E-state index contributed by atoms with van der Waals surface area (Å²) in [6.07, 6.45) is 1.92. The van der Waals surface area contributed by atoms with E-state index >= 15 is 0 Å². The summed E-state index contributed by atoms with van der Waals surface area (Å²) in [5.74, 6) is 0.0279. The Morgan fingerprint density at radius 3 is 2.67 bits per heavy atom. The number of rotatable bonds is 3. The third-order valence-corrected chi connectivity index (χ3v) is 6.08. The van der Waals surface area contributed by atoms with Crippen LogP contribution in [0, 0.1) is 6.92 Å². The standard InChI is InChI=1S/C20H22Cl2N4O/c1-11-15(9-23)18(14-3-2-12(21)8-16(14)22)19-17(25-11)10-26(20(19)27)13-4-6-24-7-5-13/h2-3,8,13,24H,4-7,9-10,23H2,1H3. The van der Waals surface area contributed by atoms with Crippen LogP contribution in [0.25, 0.3) is 11.1 Å². The second-order valence-corrected chi connectivity index (χ2v) is 7.96. The summed E-state index contributed by atoms with van der Waals surface area (Å²) in [6.45, 7) is 4.64. The molecule has 27 heavy (non-hydrogen) atoms. The van der Waals surface area contributed by atoms with Crippen molar-refractivity contribution in [2.45, 2.75) is 38.9 Å². The van der Waals surface area contributed by atoms with Gasteiger partial charge in [0.25, 0.3) is 5.91 Å². The molecule has 3 heterocycles. The van der Waals surface area contributed by atoms with Crippen molar-refractivity contribution in [2.75, 3.05) is 13.1 Å². The van der Waals surface area contributed by atoms with E-state index in [-0.39, 0.29) is 11.9 Å². The van der Waals surface area contributed by atoms with Crippen molar-refractivity contribution in [3.05, 3.63) is 50.8 Å². The number of amides is 1. The SMILES string of the molecule is Cc1nc2c(c(-c3ccc(Cl)cc3Cl)c1CN)C(=O)N(C1CCNCC1)C2. The number of aromatic nitrogens is 1. The fourth-order valence-electron chi connectivity index (χ4n) is 4.18. The maximum Gasteiger partial charge on any atom is 0.257 e. The van der Waals surface area contributed by atoms with Crippen molar-refractivity contribution in [1.82, 2.24) is 15.2 Å². The van der Waals surface area contributed by atoms with Crippen LogP contribution in [0.15, 0.2) is 18.2 Å². The van der Waals surface area contributed by atoms with E-state index in [1.807, 2.05) is 17.9 Å². The average Bonchev–Trinajstić information content (AvgIpc) is 2.98. The van der Waals surface area contributed by atoms with Crippen molar-refractivity contribution in [1.29, 1.82) is 0 Å². The Bertz CT molecular complexity index is 909. The molecule has 1 aromatic carbocycles. The van der Waals surface area contributed by atoms with Gasteiger partial charge in [-0.3, -0.25) is 9.78 Å². The number of halogens is 2. The van der Waals surface area contributed by atoms with Gasteiger partial charge in [-0.1, -0.05) is 29.3 Å². The zero-order valence-electron chi connectivity index (χ0n) is 15.2. The maximum atomic E-state index is 13.4. The van der Waals surface area contributed by atoms with Gasteiger partial charge in [0.2, 0.25) is 0 Å². The summed E-state index contributed by atoms with van der Waals surface area (Å²) < 4.78 is 0. The number of carbonyl (C=O) groups is 1. The Kier molecular flexibility index (Phi) is 5.12. The number of nitrogens with zero attached hydrogens (tertiary/aromatic N) is 2. The van der Waals surface area contributed by atoms with Crippen LogP contribution in [0.1, 0.15) is 40.2 Å². The van der Waals surface area contributed by atoms with E-state index in [1.54, 1.807) is 12.1 Å². The lowest BCUT2D eigenvalue weighted by Crippen LogP contribution is -2.43. The van der Waals surface area contributed by atoms with Crippen LogP contribution < -0.4 is 11.1 Å². The summed E-state index contributed by atoms with van der Waals surface area (Å²) in [4.78, 5) is 20.1. The number of nitrogens with two attached hydrogens (primary N) is 1. The highest BCUT2D eigenvalue weighted by Crippen LogP contribution is 2.40. The molecule has 142 valence electrons. The lowest BCUT2D eigenvalue weighted by molar-refractivity contribution is 0.0668. The van der Waals surface area contributed by atoms with Gasteiger partial charge in [0.05, 0.1) is 17.8 Å². The number of carbonyl (C=O) groups excluding carboxylic acids is 1. The Labute approximate surface area is 168 Å². The number of benzene rings is 1. The van der Waals surface area contributed by atoms with E-state index in [2.05, 4.69) is 5.32 Å². The second kappa shape index (κ2) is 7.40. The smallest absolute Gasteiger partial charge is 0.257 e. The molecule has 0 bridgehead atoms. The van der Waals surface area contributed by atoms with Gasteiger partial charge in [-0.05, 0) is 50.6 Å². The summed E-state index contributed by atoms with van der Waals surface area (Å²) >= 11 is 12.6. The average molecular weight is 405 g/mol. The van der Waals surface area contributed by atoms with Gasteiger partial charge in [-0.25, -0.2) is 0 Å². The van der Waals surface area contributed by atoms with Gasteiger partial charge >= 0.3 is 0 Å². The minimum atomic E-state index is 0.0279. The summed E-state index contributed by atoms with van der Waals surface area (Å²) in [6, 6.07) is 5.59. The van der Waals surface area contributed by atoms with Crippen molar-refractivity contribution >= 4 is 29.1 Å². The summed E-state index contributed by atoms with van der Waals surface area (Å²) in [5, 5.41) is 4.42. The lowest BCUT2D eigenvalue weighted by atomic mass is 9.93. The third kappa shape index (κ3) is 3.23. The van der Waals surface area contributed by atoms with E-state index in [0.29, 0.717) is 28.7 Å². The minimum absolute atomic E-state index is 0.0279. The Morgan fingerprint density at radius 1 is 1.26 bits per heavy atom. The molecule has 7 heteroatoms. The Morgan fingerprint density at radius 2 is 2.00 bits per heavy atom. The molecule has 2 aliphatic heterocycles. The highest BCUT2D eigenvalue weighted by molar-refractivity contribution is 6.36. The molecule has 1 fully saturated rings. The monoisotopic (exact) mass is 404 g/mol. The zero-order chi connectivity index (χ0) is 19.1. The van der Waals surface area contributed by atoms with Crippen LogP contribution in [-0.2, 0) is 13.1 Å². The predicted octanol–water partition coefficient (Wildman–Crippen LogP) is 3.53. The first-order chi connectivity index (χ1) is 13.0. The highest BCUT2D eigenvalue weighted by Gasteiger charge is 2.38. The number of fused-ring (bicyclic) bond motifs is 1. The quantitative estimate of drug-likeness (QED) is 0.820. The topological polar surface area (TPSA) is 71.2 Å². The van der Waals surface area contributed by atoms with Gasteiger partial charge in [0.1, 0.15) is 0 Å². The first-order valence-electron chi connectivity index (χ1n) is 9.20. The van der Waals surface area contributed by atoms with Gasteiger partial charge < -0.3 is 16.0 Å². The fraction of sp³-hybridized carbons (Fsp3) is 0.400. The van der Waals surface area contributed by atoms with Gasteiger partial charge in [0.15, 0.2) is 0 Å². The molecule has 1 saturated heterocycles. The number of hydrogen-bond donors (Lipinski definition) is 2. The van der Waals surface area contributed by atoms with E-state index in [0.717, 1.165) is 54.0 Å². The molecule has 2 aromatic rings. The van der Waals surface area contributed by atoms with Crippen LogP contribution in [0.2, 0.25) is 10.0 Å². The molecule has 0 unspecified atom stereocenters. The molecular formula is C20H22Cl2N4O. The van der Waals surface area contributed by atoms with Crippen LogP contribution >= 0.6 is 23.2 Å². The van der Waals surface area contributed by atoms with Gasteiger partial charge in [-0.15, -0.1) is 0 Å². The number of hydrogen-bond acceptors (Lipinski definition) is 4. The number of piperidine rings is 1. The normalized spacial score (nSPS) is 17.5. The molecule has 0 saturated carbocycles. The largest absolute Gasteiger partial charge is 0.330 e. The summed E-state index contributed by atoms with van der Waals surface area (Å²) in [5.41, 5.74) is 10.8.